The highest BCUT2D eigenvalue weighted by atomic mass is 32.1. The molecule has 0 fully saturated rings. The van der Waals surface area contributed by atoms with Crippen molar-refractivity contribution < 1.29 is 28.2 Å². The van der Waals surface area contributed by atoms with Crippen LogP contribution in [0.25, 0.3) is 20.8 Å². The minimum Gasteiger partial charge on any atom is -0.493 e. The molecule has 0 atom stereocenters. The number of benzene rings is 2. The fourth-order valence-corrected chi connectivity index (χ4v) is 3.28. The van der Waals surface area contributed by atoms with E-state index in [1.165, 1.54) is 36.6 Å². The molecule has 0 aliphatic carbocycles. The van der Waals surface area contributed by atoms with Crippen LogP contribution in [-0.2, 0) is 4.79 Å². The highest BCUT2D eigenvalue weighted by molar-refractivity contribution is 7.21. The van der Waals surface area contributed by atoms with Gasteiger partial charge in [-0.15, -0.1) is 11.3 Å². The number of halogens is 2. The van der Waals surface area contributed by atoms with Crippen LogP contribution in [0.15, 0.2) is 36.4 Å². The summed E-state index contributed by atoms with van der Waals surface area (Å²) in [7, 11) is 1.28. The molecule has 3 aromatic rings. The van der Waals surface area contributed by atoms with Gasteiger partial charge in [0.15, 0.2) is 11.5 Å². The Morgan fingerprint density at radius 1 is 1.20 bits per heavy atom. The summed E-state index contributed by atoms with van der Waals surface area (Å²) in [4.78, 5) is 15.0. The van der Waals surface area contributed by atoms with Gasteiger partial charge in [0.05, 0.1) is 17.3 Å². The number of hydrogen-bond donors (Lipinski definition) is 1. The number of alkyl halides is 2. The summed E-state index contributed by atoms with van der Waals surface area (Å²) >= 11 is 1.46. The standard InChI is InChI=1S/C17H13F2NO4S/c1-9-3-5-11-14(7-9)25-15(20-11)10-4-6-12(13(8-10)23-2)24-17(18,19)16(21)22/h3-8H,1-2H3,(H,21,22). The summed E-state index contributed by atoms with van der Waals surface area (Å²) < 4.78 is 36.9. The Hall–Kier alpha value is -2.74. The topological polar surface area (TPSA) is 68.7 Å². The molecule has 0 aliphatic rings. The number of fused-ring (bicyclic) bond motifs is 1. The summed E-state index contributed by atoms with van der Waals surface area (Å²) in [5.74, 6) is -2.75. The highest BCUT2D eigenvalue weighted by Crippen LogP contribution is 2.38. The normalized spacial score (nSPS) is 11.5. The predicted octanol–water partition coefficient (Wildman–Crippen LogP) is 4.34. The maximum atomic E-state index is 13.3. The number of hydrogen-bond acceptors (Lipinski definition) is 5. The molecule has 0 saturated heterocycles. The average molecular weight is 365 g/mol. The van der Waals surface area contributed by atoms with Gasteiger partial charge in [-0.2, -0.15) is 8.78 Å². The lowest BCUT2D eigenvalue weighted by Gasteiger charge is -2.16. The average Bonchev–Trinajstić information content (AvgIpc) is 2.97. The van der Waals surface area contributed by atoms with Crippen molar-refractivity contribution in [1.29, 1.82) is 0 Å². The molecule has 2 aromatic carbocycles. The molecule has 1 heterocycles. The minimum absolute atomic E-state index is 0.00568. The summed E-state index contributed by atoms with van der Waals surface area (Å²) in [6.45, 7) is 1.98. The van der Waals surface area contributed by atoms with Crippen molar-refractivity contribution in [3.63, 3.8) is 0 Å². The molecule has 0 radical (unpaired) electrons. The number of ether oxygens (including phenoxy) is 2. The number of rotatable bonds is 5. The lowest BCUT2D eigenvalue weighted by Crippen LogP contribution is -2.34. The van der Waals surface area contributed by atoms with E-state index < -0.39 is 12.1 Å². The van der Waals surface area contributed by atoms with Crippen molar-refractivity contribution in [3.05, 3.63) is 42.0 Å². The molecular weight excluding hydrogens is 352 g/mol. The van der Waals surface area contributed by atoms with E-state index in [9.17, 15) is 13.6 Å². The van der Waals surface area contributed by atoms with E-state index in [1.807, 2.05) is 25.1 Å². The molecule has 0 spiro atoms. The third-order valence-electron chi connectivity index (χ3n) is 3.44. The molecule has 130 valence electrons. The van der Waals surface area contributed by atoms with Crippen LogP contribution in [0.5, 0.6) is 11.5 Å². The van der Waals surface area contributed by atoms with E-state index in [-0.39, 0.29) is 11.5 Å². The van der Waals surface area contributed by atoms with Crippen LogP contribution in [0.2, 0.25) is 0 Å². The molecule has 8 heteroatoms. The van der Waals surface area contributed by atoms with Gasteiger partial charge in [0.2, 0.25) is 0 Å². The van der Waals surface area contributed by atoms with Crippen molar-refractivity contribution in [2.45, 2.75) is 13.0 Å². The molecule has 25 heavy (non-hydrogen) atoms. The second-order valence-electron chi connectivity index (χ2n) is 5.28. The van der Waals surface area contributed by atoms with Gasteiger partial charge < -0.3 is 14.6 Å². The maximum Gasteiger partial charge on any atom is 0.502 e. The van der Waals surface area contributed by atoms with Gasteiger partial charge in [-0.3, -0.25) is 0 Å². The number of nitrogens with zero attached hydrogens (tertiary/aromatic N) is 1. The van der Waals surface area contributed by atoms with Gasteiger partial charge in [0, 0.05) is 5.56 Å². The first-order valence-corrected chi connectivity index (χ1v) is 7.97. The third kappa shape index (κ3) is 3.39. The van der Waals surface area contributed by atoms with Crippen molar-refractivity contribution in [1.82, 2.24) is 4.98 Å². The Morgan fingerprint density at radius 3 is 2.64 bits per heavy atom. The van der Waals surface area contributed by atoms with Gasteiger partial charge in [-0.05, 0) is 42.8 Å². The maximum absolute atomic E-state index is 13.3. The van der Waals surface area contributed by atoms with E-state index >= 15 is 0 Å². The monoisotopic (exact) mass is 365 g/mol. The Labute approximate surface area is 145 Å². The van der Waals surface area contributed by atoms with Crippen LogP contribution >= 0.6 is 11.3 Å². The van der Waals surface area contributed by atoms with E-state index in [4.69, 9.17) is 9.84 Å². The molecule has 0 aliphatic heterocycles. The van der Waals surface area contributed by atoms with E-state index in [2.05, 4.69) is 9.72 Å². The number of carboxylic acids is 1. The molecule has 0 saturated carbocycles. The molecule has 3 rings (SSSR count). The zero-order valence-corrected chi connectivity index (χ0v) is 14.1. The van der Waals surface area contributed by atoms with Crippen molar-refractivity contribution in [2.75, 3.05) is 7.11 Å². The molecule has 0 bridgehead atoms. The Kier molecular flexibility index (Phi) is 4.30. The summed E-state index contributed by atoms with van der Waals surface area (Å²) in [5.41, 5.74) is 2.60. The first kappa shape index (κ1) is 17.1. The number of aryl methyl sites for hydroxylation is 1. The highest BCUT2D eigenvalue weighted by Gasteiger charge is 2.43. The molecule has 0 amide bonds. The minimum atomic E-state index is -4.35. The number of methoxy groups -OCH3 is 1. The second-order valence-corrected chi connectivity index (χ2v) is 6.31. The van der Waals surface area contributed by atoms with Crippen molar-refractivity contribution >= 4 is 27.5 Å². The Balaban J connectivity index is 1.99. The number of carboxylic acid groups (broad SMARTS) is 1. The first-order chi connectivity index (χ1) is 11.8. The van der Waals surface area contributed by atoms with Crippen LogP contribution in [0.1, 0.15) is 5.56 Å². The van der Waals surface area contributed by atoms with Crippen molar-refractivity contribution in [2.24, 2.45) is 0 Å². The first-order valence-electron chi connectivity index (χ1n) is 7.16. The van der Waals surface area contributed by atoms with E-state index in [0.717, 1.165) is 15.8 Å². The fourth-order valence-electron chi connectivity index (χ4n) is 2.22. The van der Waals surface area contributed by atoms with Crippen LogP contribution in [0.4, 0.5) is 8.78 Å². The van der Waals surface area contributed by atoms with Gasteiger partial charge in [-0.25, -0.2) is 9.78 Å². The summed E-state index contributed by atoms with van der Waals surface area (Å²) in [5, 5.41) is 9.17. The zero-order valence-electron chi connectivity index (χ0n) is 13.2. The van der Waals surface area contributed by atoms with Crippen molar-refractivity contribution in [3.8, 4) is 22.1 Å². The van der Waals surface area contributed by atoms with E-state index in [0.29, 0.717) is 10.6 Å². The number of aliphatic carboxylic acids is 1. The fraction of sp³-hybridized carbons (Fsp3) is 0.176. The van der Waals surface area contributed by atoms with Crippen LogP contribution in [0, 0.1) is 6.92 Å². The molecule has 1 aromatic heterocycles. The van der Waals surface area contributed by atoms with Gasteiger partial charge >= 0.3 is 12.1 Å². The van der Waals surface area contributed by atoms with Gasteiger partial charge in [-0.1, -0.05) is 6.07 Å². The Morgan fingerprint density at radius 2 is 1.96 bits per heavy atom. The van der Waals surface area contributed by atoms with Gasteiger partial charge in [0.25, 0.3) is 0 Å². The second kappa shape index (κ2) is 6.29. The molecule has 5 nitrogen and oxygen atoms in total. The van der Waals surface area contributed by atoms with Crippen LogP contribution < -0.4 is 9.47 Å². The molecule has 0 unspecified atom stereocenters. The summed E-state index contributed by atoms with van der Waals surface area (Å²) in [6, 6.07) is 10.1. The summed E-state index contributed by atoms with van der Waals surface area (Å²) in [6.07, 6.45) is -4.35. The lowest BCUT2D eigenvalue weighted by molar-refractivity contribution is -0.211. The SMILES string of the molecule is COc1cc(-c2nc3ccc(C)cc3s2)ccc1OC(F)(F)C(=O)O. The quantitative estimate of drug-likeness (QED) is 0.729. The largest absolute Gasteiger partial charge is 0.502 e. The van der Waals surface area contributed by atoms with Crippen LogP contribution in [0.3, 0.4) is 0 Å². The molecule has 1 N–H and O–H groups in total. The molecular formula is C17H13F2NO4S. The van der Waals surface area contributed by atoms with Crippen LogP contribution in [-0.4, -0.2) is 29.3 Å². The number of carbonyl (C=O) groups is 1. The zero-order chi connectivity index (χ0) is 18.2. The lowest BCUT2D eigenvalue weighted by atomic mass is 10.2. The smallest absolute Gasteiger partial charge is 0.493 e. The number of aromatic nitrogens is 1. The number of thiazole rings is 1. The Bertz CT molecular complexity index is 955. The van der Waals surface area contributed by atoms with E-state index in [1.54, 1.807) is 0 Å². The van der Waals surface area contributed by atoms with Gasteiger partial charge in [0.1, 0.15) is 5.01 Å². The third-order valence-corrected chi connectivity index (χ3v) is 4.51. The predicted molar refractivity (Wildman–Crippen MR) is 89.6 cm³/mol.